The highest BCUT2D eigenvalue weighted by Crippen LogP contribution is 2.76. The minimum absolute atomic E-state index is 0.0289. The molecule has 318 valence electrons. The van der Waals surface area contributed by atoms with E-state index in [0.29, 0.717) is 44.4 Å². The molecule has 14 nitrogen and oxygen atoms in total. The summed E-state index contributed by atoms with van der Waals surface area (Å²) in [4.78, 5) is 27.0. The molecule has 6 fully saturated rings. The van der Waals surface area contributed by atoms with Crippen molar-refractivity contribution < 1.29 is 69.4 Å². The quantitative estimate of drug-likeness (QED) is 0.137. The number of carbonyl (C=O) groups is 2. The average molecular weight is 795 g/mol. The van der Waals surface area contributed by atoms with Gasteiger partial charge in [0.1, 0.15) is 42.7 Å². The molecule has 3 unspecified atom stereocenters. The SMILES string of the molecule is C[C@@H]1CC[C@]2(C(=O)O)CC[C@]3(C(=O)O)C(=CCC4[C@@]5(C)CC[C@H](O[C@@H]6O[C@@H](C)[C@H](O[C@@H]7O[C@H](CO)[C@@H](O)[C@H](O)[C@H]7O)[C@@H](O)[C@H]6O)C(C)(C)C5CC[C@]43C)C2[C@H]1C. The van der Waals surface area contributed by atoms with Gasteiger partial charge in [0.2, 0.25) is 0 Å². The molecular formula is C42H66O14. The number of carboxylic acids is 2. The monoisotopic (exact) mass is 794 g/mol. The Bertz CT molecular complexity index is 1550. The molecule has 2 saturated heterocycles. The Morgan fingerprint density at radius 3 is 2.05 bits per heavy atom. The Hall–Kier alpha value is -1.72. The lowest BCUT2D eigenvalue weighted by Gasteiger charge is -2.70. The average Bonchev–Trinajstić information content (AvgIpc) is 3.14. The Balaban J connectivity index is 1.11. The van der Waals surface area contributed by atoms with E-state index in [0.717, 1.165) is 24.8 Å². The number of hydrogen-bond acceptors (Lipinski definition) is 12. The first-order chi connectivity index (χ1) is 26.1. The van der Waals surface area contributed by atoms with Crippen LogP contribution in [0.5, 0.6) is 0 Å². The zero-order chi connectivity index (χ0) is 41.1. The number of aliphatic hydroxyl groups is 6. The highest BCUT2D eigenvalue weighted by Gasteiger charge is 2.73. The van der Waals surface area contributed by atoms with Crippen molar-refractivity contribution in [3.63, 3.8) is 0 Å². The van der Waals surface area contributed by atoms with Crippen LogP contribution in [0.15, 0.2) is 11.6 Å². The van der Waals surface area contributed by atoms with Crippen molar-refractivity contribution in [2.45, 2.75) is 174 Å². The van der Waals surface area contributed by atoms with Crippen LogP contribution in [0.3, 0.4) is 0 Å². The minimum atomic E-state index is -1.69. The van der Waals surface area contributed by atoms with E-state index in [9.17, 15) is 50.4 Å². The molecule has 5 aliphatic carbocycles. The fraction of sp³-hybridized carbons (Fsp3) is 0.905. The van der Waals surface area contributed by atoms with Crippen molar-refractivity contribution >= 4 is 11.9 Å². The van der Waals surface area contributed by atoms with E-state index >= 15 is 0 Å². The Kier molecular flexibility index (Phi) is 11.0. The highest BCUT2D eigenvalue weighted by atomic mass is 16.7. The number of rotatable bonds is 7. The molecule has 2 aliphatic heterocycles. The van der Waals surface area contributed by atoms with Crippen molar-refractivity contribution in [3.8, 4) is 0 Å². The molecule has 0 aromatic carbocycles. The number of aliphatic hydroxyl groups excluding tert-OH is 6. The third kappa shape index (κ3) is 5.85. The molecule has 4 saturated carbocycles. The van der Waals surface area contributed by atoms with Crippen molar-refractivity contribution in [2.75, 3.05) is 6.61 Å². The van der Waals surface area contributed by atoms with E-state index in [1.807, 2.05) is 0 Å². The fourth-order valence-corrected chi connectivity index (χ4v) is 14.0. The normalized spacial score (nSPS) is 54.1. The van der Waals surface area contributed by atoms with Crippen molar-refractivity contribution in [3.05, 3.63) is 11.6 Å². The fourth-order valence-electron chi connectivity index (χ4n) is 14.0. The van der Waals surface area contributed by atoms with Crippen molar-refractivity contribution in [2.24, 2.45) is 56.7 Å². The standard InChI is InChI=1S/C42H66O14/c1-19-10-15-41(36(49)50)16-17-42(37(51)52)22(27(41)20(19)2)8-9-25-39(6)13-12-26(38(4,5)24(39)11-14-40(25,42)7)55-34-32(48)30(46)33(21(3)53-34)56-35-31(47)29(45)28(44)23(18-43)54-35/h8,19-21,23-35,43-48H,9-18H2,1-7H3,(H,49,50)(H,51,52)/t19-,20+,21+,23-,24?,25?,26+,27?,28-,29+,30+,31-,32-,33+,34+,35+,39+,40-,41+,42-/m1/s1. The second-order valence-corrected chi connectivity index (χ2v) is 20.0. The van der Waals surface area contributed by atoms with Gasteiger partial charge in [-0.2, -0.15) is 0 Å². The summed E-state index contributed by atoms with van der Waals surface area (Å²) in [5.41, 5.74) is -2.55. The summed E-state index contributed by atoms with van der Waals surface area (Å²) >= 11 is 0. The molecule has 7 rings (SSSR count). The van der Waals surface area contributed by atoms with Gasteiger partial charge in [0.25, 0.3) is 0 Å². The summed E-state index contributed by atoms with van der Waals surface area (Å²) in [7, 11) is 0. The summed E-state index contributed by atoms with van der Waals surface area (Å²) < 4.78 is 24.0. The third-order valence-electron chi connectivity index (χ3n) is 17.4. The molecular weight excluding hydrogens is 728 g/mol. The highest BCUT2D eigenvalue weighted by molar-refractivity contribution is 5.84. The second kappa shape index (κ2) is 14.5. The summed E-state index contributed by atoms with van der Waals surface area (Å²) in [6.45, 7) is 14.1. The largest absolute Gasteiger partial charge is 0.481 e. The number of fused-ring (bicyclic) bond motifs is 7. The zero-order valence-corrected chi connectivity index (χ0v) is 33.9. The first-order valence-electron chi connectivity index (χ1n) is 20.9. The van der Waals surface area contributed by atoms with Crippen LogP contribution in [0, 0.1) is 56.7 Å². The van der Waals surface area contributed by atoms with E-state index in [2.05, 4.69) is 47.6 Å². The first kappa shape index (κ1) is 42.4. The van der Waals surface area contributed by atoms with Gasteiger partial charge in [0.05, 0.1) is 29.6 Å². The molecule has 0 aromatic rings. The van der Waals surface area contributed by atoms with Crippen LogP contribution in [-0.2, 0) is 28.5 Å². The van der Waals surface area contributed by atoms with Gasteiger partial charge in [0.15, 0.2) is 12.6 Å². The molecule has 56 heavy (non-hydrogen) atoms. The van der Waals surface area contributed by atoms with Gasteiger partial charge in [-0.15, -0.1) is 0 Å². The number of ether oxygens (including phenoxy) is 4. The maximum atomic E-state index is 13.9. The van der Waals surface area contributed by atoms with E-state index in [-0.39, 0.29) is 35.2 Å². The van der Waals surface area contributed by atoms with E-state index in [1.165, 1.54) is 0 Å². The first-order valence-corrected chi connectivity index (χ1v) is 20.9. The molecule has 14 heteroatoms. The summed E-state index contributed by atoms with van der Waals surface area (Å²) in [6, 6.07) is 0. The van der Waals surface area contributed by atoms with E-state index in [4.69, 9.17) is 18.9 Å². The molecule has 20 atom stereocenters. The molecule has 0 aromatic heterocycles. The lowest BCUT2D eigenvalue weighted by Crippen LogP contribution is -2.68. The second-order valence-electron chi connectivity index (χ2n) is 20.0. The van der Waals surface area contributed by atoms with Gasteiger partial charge in [-0.3, -0.25) is 9.59 Å². The Morgan fingerprint density at radius 1 is 0.750 bits per heavy atom. The smallest absolute Gasteiger partial charge is 0.314 e. The minimum Gasteiger partial charge on any atom is -0.481 e. The van der Waals surface area contributed by atoms with Crippen molar-refractivity contribution in [1.82, 2.24) is 0 Å². The number of carboxylic acid groups (broad SMARTS) is 2. The van der Waals surface area contributed by atoms with E-state index < -0.39 is 102 Å². The van der Waals surface area contributed by atoms with Crippen LogP contribution >= 0.6 is 0 Å². The molecule has 0 bridgehead atoms. The van der Waals surface area contributed by atoms with Crippen LogP contribution in [0.4, 0.5) is 0 Å². The van der Waals surface area contributed by atoms with Crippen molar-refractivity contribution in [1.29, 1.82) is 0 Å². The Labute approximate surface area is 329 Å². The molecule has 7 aliphatic rings. The van der Waals surface area contributed by atoms with Crippen LogP contribution in [-0.4, -0.2) is 127 Å². The Morgan fingerprint density at radius 2 is 1.41 bits per heavy atom. The molecule has 8 N–H and O–H groups in total. The molecule has 0 radical (unpaired) electrons. The van der Waals surface area contributed by atoms with Crippen LogP contribution < -0.4 is 0 Å². The summed E-state index contributed by atoms with van der Waals surface area (Å²) in [5.74, 6) is -1.45. The number of allylic oxidation sites excluding steroid dienone is 1. The van der Waals surface area contributed by atoms with Gasteiger partial charge in [-0.1, -0.05) is 53.2 Å². The van der Waals surface area contributed by atoms with Crippen LogP contribution in [0.2, 0.25) is 0 Å². The molecule has 0 spiro atoms. The lowest BCUT2D eigenvalue weighted by atomic mass is 9.33. The maximum absolute atomic E-state index is 13.9. The van der Waals surface area contributed by atoms with E-state index in [1.54, 1.807) is 6.92 Å². The molecule has 2 heterocycles. The van der Waals surface area contributed by atoms with Crippen LogP contribution in [0.25, 0.3) is 0 Å². The summed E-state index contributed by atoms with van der Waals surface area (Å²) in [6.07, 6.45) is -6.76. The van der Waals surface area contributed by atoms with Gasteiger partial charge >= 0.3 is 11.9 Å². The van der Waals surface area contributed by atoms with Crippen LogP contribution in [0.1, 0.15) is 106 Å². The zero-order valence-electron chi connectivity index (χ0n) is 33.9. The van der Waals surface area contributed by atoms with Gasteiger partial charge in [-0.05, 0) is 111 Å². The van der Waals surface area contributed by atoms with Gasteiger partial charge in [0, 0.05) is 0 Å². The molecule has 0 amide bonds. The lowest BCUT2D eigenvalue weighted by molar-refractivity contribution is -0.364. The van der Waals surface area contributed by atoms with Gasteiger partial charge < -0.3 is 59.8 Å². The number of aliphatic carboxylic acids is 2. The summed E-state index contributed by atoms with van der Waals surface area (Å²) in [5, 5.41) is 85.2. The maximum Gasteiger partial charge on any atom is 0.314 e. The predicted molar refractivity (Wildman–Crippen MR) is 198 cm³/mol. The third-order valence-corrected chi connectivity index (χ3v) is 17.4. The topological polar surface area (TPSA) is 233 Å². The predicted octanol–water partition coefficient (Wildman–Crippen LogP) is 2.83. The number of hydrogen-bond donors (Lipinski definition) is 8. The van der Waals surface area contributed by atoms with Gasteiger partial charge in [-0.25, -0.2) is 0 Å².